The molecular weight excluding hydrogens is 208 g/mol. The van der Waals surface area contributed by atoms with Crippen molar-refractivity contribution in [3.05, 3.63) is 0 Å². The highest BCUT2D eigenvalue weighted by atomic mass is 35.5. The van der Waals surface area contributed by atoms with Crippen molar-refractivity contribution in [3.63, 3.8) is 0 Å². The van der Waals surface area contributed by atoms with Crippen molar-refractivity contribution in [2.45, 2.75) is 76.5 Å². The van der Waals surface area contributed by atoms with Crippen LogP contribution in [0.1, 0.15) is 71.1 Å². The molecule has 0 bridgehead atoms. The Hall–Kier alpha value is 0.250. The van der Waals surface area contributed by atoms with Gasteiger partial charge in [-0.2, -0.15) is 0 Å². The van der Waals surface area contributed by atoms with Crippen molar-refractivity contribution < 1.29 is 5.11 Å². The van der Waals surface area contributed by atoms with Gasteiger partial charge in [0.2, 0.25) is 0 Å². The lowest BCUT2D eigenvalue weighted by atomic mass is 10.1. The Labute approximate surface area is 100 Å². The molecule has 0 fully saturated rings. The highest BCUT2D eigenvalue weighted by Crippen LogP contribution is 2.12. The van der Waals surface area contributed by atoms with Crippen LogP contribution in [0, 0.1) is 0 Å². The number of rotatable bonds is 11. The molecule has 15 heavy (non-hydrogen) atoms. The molecule has 0 heterocycles. The third-order valence-electron chi connectivity index (χ3n) is 2.82. The summed E-state index contributed by atoms with van der Waals surface area (Å²) in [6, 6.07) is 0. The molecule has 0 aromatic carbocycles. The van der Waals surface area contributed by atoms with Gasteiger partial charge in [0.1, 0.15) is 0 Å². The van der Waals surface area contributed by atoms with Gasteiger partial charge in [-0.3, -0.25) is 0 Å². The van der Waals surface area contributed by atoms with Crippen LogP contribution in [0.25, 0.3) is 0 Å². The SMILES string of the molecule is CCCCCCCCCCCC(Cl)CO. The molecule has 0 saturated carbocycles. The molecule has 0 rings (SSSR count). The summed E-state index contributed by atoms with van der Waals surface area (Å²) >= 11 is 5.81. The normalized spacial score (nSPS) is 13.0. The van der Waals surface area contributed by atoms with Gasteiger partial charge in [0.05, 0.1) is 12.0 Å². The molecule has 0 saturated heterocycles. The molecule has 0 aliphatic carbocycles. The molecule has 0 amide bonds. The van der Waals surface area contributed by atoms with E-state index in [-0.39, 0.29) is 12.0 Å². The van der Waals surface area contributed by atoms with E-state index in [1.807, 2.05) is 0 Å². The first kappa shape index (κ1) is 15.2. The quantitative estimate of drug-likeness (QED) is 0.412. The van der Waals surface area contributed by atoms with E-state index in [1.54, 1.807) is 0 Å². The van der Waals surface area contributed by atoms with Crippen LogP contribution in [0.15, 0.2) is 0 Å². The maximum absolute atomic E-state index is 8.73. The largest absolute Gasteiger partial charge is 0.395 e. The lowest BCUT2D eigenvalue weighted by Crippen LogP contribution is -2.03. The van der Waals surface area contributed by atoms with E-state index in [1.165, 1.54) is 57.8 Å². The summed E-state index contributed by atoms with van der Waals surface area (Å²) in [4.78, 5) is 0. The molecule has 1 atom stereocenters. The van der Waals surface area contributed by atoms with Crippen LogP contribution < -0.4 is 0 Å². The first-order chi connectivity index (χ1) is 7.31. The molecule has 0 radical (unpaired) electrons. The summed E-state index contributed by atoms with van der Waals surface area (Å²) in [5.41, 5.74) is 0. The van der Waals surface area contributed by atoms with E-state index in [4.69, 9.17) is 16.7 Å². The topological polar surface area (TPSA) is 20.2 Å². The van der Waals surface area contributed by atoms with Crippen molar-refractivity contribution in [2.75, 3.05) is 6.61 Å². The monoisotopic (exact) mass is 234 g/mol. The van der Waals surface area contributed by atoms with Crippen molar-refractivity contribution in [3.8, 4) is 0 Å². The second kappa shape index (κ2) is 12.3. The molecule has 1 nitrogen and oxygen atoms in total. The van der Waals surface area contributed by atoms with Gasteiger partial charge < -0.3 is 5.11 Å². The van der Waals surface area contributed by atoms with E-state index in [2.05, 4.69) is 6.92 Å². The van der Waals surface area contributed by atoms with Crippen LogP contribution in [-0.2, 0) is 0 Å². The first-order valence-electron chi connectivity index (χ1n) is 6.56. The molecule has 0 spiro atoms. The number of alkyl halides is 1. The predicted octanol–water partition coefficient (Wildman–Crippen LogP) is 4.51. The summed E-state index contributed by atoms with van der Waals surface area (Å²) in [6.45, 7) is 2.38. The average Bonchev–Trinajstić information content (AvgIpc) is 2.26. The highest BCUT2D eigenvalue weighted by molar-refractivity contribution is 6.20. The standard InChI is InChI=1S/C13H27ClO/c1-2-3-4-5-6-7-8-9-10-11-13(14)12-15/h13,15H,2-12H2,1H3. The zero-order valence-electron chi connectivity index (χ0n) is 10.2. The van der Waals surface area contributed by atoms with E-state index in [9.17, 15) is 0 Å². The second-order valence-electron chi connectivity index (χ2n) is 4.40. The zero-order valence-corrected chi connectivity index (χ0v) is 10.9. The number of halogens is 1. The predicted molar refractivity (Wildman–Crippen MR) is 68.6 cm³/mol. The molecule has 1 N–H and O–H groups in total. The molecule has 2 heteroatoms. The third kappa shape index (κ3) is 12.2. The smallest absolute Gasteiger partial charge is 0.0595 e. The van der Waals surface area contributed by atoms with Crippen LogP contribution >= 0.6 is 11.6 Å². The highest BCUT2D eigenvalue weighted by Gasteiger charge is 2.00. The number of hydrogen-bond acceptors (Lipinski definition) is 1. The minimum absolute atomic E-state index is 0.0189. The zero-order chi connectivity index (χ0) is 11.4. The van der Waals surface area contributed by atoms with Crippen molar-refractivity contribution in [1.82, 2.24) is 0 Å². The second-order valence-corrected chi connectivity index (χ2v) is 5.01. The van der Waals surface area contributed by atoms with Crippen molar-refractivity contribution >= 4 is 11.6 Å². The maximum Gasteiger partial charge on any atom is 0.0595 e. The van der Waals surface area contributed by atoms with Gasteiger partial charge in [0.15, 0.2) is 0 Å². The van der Waals surface area contributed by atoms with Gasteiger partial charge in [-0.15, -0.1) is 11.6 Å². The fourth-order valence-electron chi connectivity index (χ4n) is 1.77. The Kier molecular flexibility index (Phi) is 12.5. The van der Waals surface area contributed by atoms with Gasteiger partial charge in [-0.25, -0.2) is 0 Å². The van der Waals surface area contributed by atoms with Gasteiger partial charge in [-0.1, -0.05) is 64.7 Å². The number of aliphatic hydroxyl groups excluding tert-OH is 1. The summed E-state index contributed by atoms with van der Waals surface area (Å²) in [6.07, 6.45) is 13.0. The molecule has 0 aliphatic heterocycles. The van der Waals surface area contributed by atoms with Crippen molar-refractivity contribution in [2.24, 2.45) is 0 Å². The van der Waals surface area contributed by atoms with Crippen molar-refractivity contribution in [1.29, 1.82) is 0 Å². The minimum atomic E-state index is -0.0189. The Morgan fingerprint density at radius 2 is 1.33 bits per heavy atom. The minimum Gasteiger partial charge on any atom is -0.395 e. The van der Waals surface area contributed by atoms with Gasteiger partial charge >= 0.3 is 0 Å². The molecule has 0 aromatic rings. The summed E-state index contributed by atoms with van der Waals surface area (Å²) < 4.78 is 0. The number of hydrogen-bond donors (Lipinski definition) is 1. The van der Waals surface area contributed by atoms with Crippen LogP contribution in [0.5, 0.6) is 0 Å². The Morgan fingerprint density at radius 3 is 1.80 bits per heavy atom. The first-order valence-corrected chi connectivity index (χ1v) is 6.99. The van der Waals surface area contributed by atoms with E-state index in [0.29, 0.717) is 0 Å². The lowest BCUT2D eigenvalue weighted by molar-refractivity contribution is 0.286. The van der Waals surface area contributed by atoms with E-state index in [0.717, 1.165) is 6.42 Å². The molecular formula is C13H27ClO. The molecule has 0 aliphatic rings. The van der Waals surface area contributed by atoms with Crippen LogP contribution in [0.4, 0.5) is 0 Å². The maximum atomic E-state index is 8.73. The molecule has 0 aromatic heterocycles. The third-order valence-corrected chi connectivity index (χ3v) is 3.18. The fourth-order valence-corrected chi connectivity index (χ4v) is 1.92. The Bertz CT molecular complexity index is 117. The Morgan fingerprint density at radius 1 is 0.867 bits per heavy atom. The summed E-state index contributed by atoms with van der Waals surface area (Å²) in [5.74, 6) is 0. The van der Waals surface area contributed by atoms with E-state index >= 15 is 0 Å². The number of unbranched alkanes of at least 4 members (excludes halogenated alkanes) is 8. The average molecular weight is 235 g/mol. The van der Waals surface area contributed by atoms with Gasteiger partial charge in [0.25, 0.3) is 0 Å². The van der Waals surface area contributed by atoms with Crippen LogP contribution in [0.3, 0.4) is 0 Å². The van der Waals surface area contributed by atoms with Gasteiger partial charge in [-0.05, 0) is 6.42 Å². The van der Waals surface area contributed by atoms with E-state index < -0.39 is 0 Å². The summed E-state index contributed by atoms with van der Waals surface area (Å²) in [5, 5.41) is 8.71. The summed E-state index contributed by atoms with van der Waals surface area (Å²) in [7, 11) is 0. The fraction of sp³-hybridized carbons (Fsp3) is 1.00. The van der Waals surface area contributed by atoms with Crippen LogP contribution in [0.2, 0.25) is 0 Å². The van der Waals surface area contributed by atoms with Gasteiger partial charge in [0, 0.05) is 0 Å². The molecule has 92 valence electrons. The molecule has 1 unspecified atom stereocenters. The Balaban J connectivity index is 2.92. The van der Waals surface area contributed by atoms with Crippen LogP contribution in [-0.4, -0.2) is 17.1 Å². The number of aliphatic hydroxyl groups is 1. The lowest BCUT2D eigenvalue weighted by Gasteiger charge is -2.05.